The van der Waals surface area contributed by atoms with Gasteiger partial charge in [0.05, 0.1) is 0 Å². The Morgan fingerprint density at radius 1 is 1.47 bits per heavy atom. The Morgan fingerprint density at radius 3 is 2.63 bits per heavy atom. The standard InChI is InChI=1S/C13H25N3O2S/c1-3-13(4-2,11(14)16-18)12(17)15-9-10-7-5-6-8-19-10/h10,18H,3-9H2,1-2H3,(H2,14,16)(H,15,17). The van der Waals surface area contributed by atoms with Crippen molar-refractivity contribution in [1.82, 2.24) is 5.32 Å². The number of amides is 1. The minimum Gasteiger partial charge on any atom is -0.409 e. The fraction of sp³-hybridized carbons (Fsp3) is 0.846. The van der Waals surface area contributed by atoms with Crippen molar-refractivity contribution in [2.75, 3.05) is 12.3 Å². The van der Waals surface area contributed by atoms with Gasteiger partial charge < -0.3 is 16.3 Å². The highest BCUT2D eigenvalue weighted by atomic mass is 32.2. The molecule has 0 radical (unpaired) electrons. The quantitative estimate of drug-likeness (QED) is 0.301. The van der Waals surface area contributed by atoms with E-state index >= 15 is 0 Å². The van der Waals surface area contributed by atoms with Crippen LogP contribution in [0.15, 0.2) is 5.16 Å². The monoisotopic (exact) mass is 287 g/mol. The Bertz CT molecular complexity index is 324. The lowest BCUT2D eigenvalue weighted by molar-refractivity contribution is -0.128. The molecule has 6 heteroatoms. The highest BCUT2D eigenvalue weighted by Gasteiger charge is 2.39. The van der Waals surface area contributed by atoms with Crippen molar-refractivity contribution >= 4 is 23.5 Å². The summed E-state index contributed by atoms with van der Waals surface area (Å²) in [5.41, 5.74) is 4.84. The molecule has 110 valence electrons. The zero-order valence-electron chi connectivity index (χ0n) is 11.8. The highest BCUT2D eigenvalue weighted by molar-refractivity contribution is 7.99. The van der Waals surface area contributed by atoms with E-state index in [4.69, 9.17) is 10.9 Å². The second kappa shape index (κ2) is 7.62. The summed E-state index contributed by atoms with van der Waals surface area (Å²) in [4.78, 5) is 12.4. The predicted octanol–water partition coefficient (Wildman–Crippen LogP) is 1.94. The Labute approximate surface area is 119 Å². The van der Waals surface area contributed by atoms with E-state index in [1.807, 2.05) is 25.6 Å². The smallest absolute Gasteiger partial charge is 0.233 e. The zero-order valence-corrected chi connectivity index (χ0v) is 12.6. The average molecular weight is 287 g/mol. The van der Waals surface area contributed by atoms with Gasteiger partial charge in [0.15, 0.2) is 5.84 Å². The first kappa shape index (κ1) is 16.1. The van der Waals surface area contributed by atoms with Gasteiger partial charge in [-0.15, -0.1) is 0 Å². The third-order valence-corrected chi connectivity index (χ3v) is 5.40. The predicted molar refractivity (Wildman–Crippen MR) is 79.5 cm³/mol. The first-order valence-electron chi connectivity index (χ1n) is 6.98. The molecule has 0 aromatic rings. The summed E-state index contributed by atoms with van der Waals surface area (Å²) in [5, 5.41) is 15.4. The van der Waals surface area contributed by atoms with Crippen LogP contribution in [0.4, 0.5) is 0 Å². The normalized spacial score (nSPS) is 21.2. The topological polar surface area (TPSA) is 87.7 Å². The average Bonchev–Trinajstić information content (AvgIpc) is 2.47. The van der Waals surface area contributed by atoms with Gasteiger partial charge in [-0.2, -0.15) is 11.8 Å². The molecule has 0 spiro atoms. The van der Waals surface area contributed by atoms with E-state index < -0.39 is 5.41 Å². The lowest BCUT2D eigenvalue weighted by Crippen LogP contribution is -2.50. The number of nitrogens with two attached hydrogens (primary N) is 1. The molecule has 1 rings (SSSR count). The summed E-state index contributed by atoms with van der Waals surface area (Å²) in [6, 6.07) is 0. The molecule has 1 amide bonds. The summed E-state index contributed by atoms with van der Waals surface area (Å²) in [6.45, 7) is 4.44. The van der Waals surface area contributed by atoms with Crippen molar-refractivity contribution in [3.8, 4) is 0 Å². The molecule has 1 aliphatic rings. The van der Waals surface area contributed by atoms with Gasteiger partial charge in [-0.05, 0) is 31.4 Å². The van der Waals surface area contributed by atoms with Gasteiger partial charge in [0, 0.05) is 11.8 Å². The van der Waals surface area contributed by atoms with Crippen LogP contribution in [0.25, 0.3) is 0 Å². The molecule has 1 aliphatic heterocycles. The van der Waals surface area contributed by atoms with Crippen LogP contribution in [-0.4, -0.2) is 34.5 Å². The van der Waals surface area contributed by atoms with Crippen LogP contribution in [0.3, 0.4) is 0 Å². The summed E-state index contributed by atoms with van der Waals surface area (Å²) < 4.78 is 0. The van der Waals surface area contributed by atoms with Crippen LogP contribution in [0.5, 0.6) is 0 Å². The number of oxime groups is 1. The van der Waals surface area contributed by atoms with Crippen molar-refractivity contribution in [1.29, 1.82) is 0 Å². The number of nitrogens with zero attached hydrogens (tertiary/aromatic N) is 1. The number of hydrogen-bond acceptors (Lipinski definition) is 4. The van der Waals surface area contributed by atoms with Gasteiger partial charge in [0.1, 0.15) is 5.41 Å². The molecule has 1 unspecified atom stereocenters. The molecule has 0 aliphatic carbocycles. The van der Waals surface area contributed by atoms with E-state index in [0.29, 0.717) is 24.6 Å². The fourth-order valence-electron chi connectivity index (χ4n) is 2.49. The van der Waals surface area contributed by atoms with Crippen LogP contribution in [0.1, 0.15) is 46.0 Å². The van der Waals surface area contributed by atoms with E-state index in [0.717, 1.165) is 6.42 Å². The van der Waals surface area contributed by atoms with Gasteiger partial charge in [-0.25, -0.2) is 0 Å². The Hall–Kier alpha value is -0.910. The molecule has 5 nitrogen and oxygen atoms in total. The van der Waals surface area contributed by atoms with E-state index in [1.54, 1.807) is 0 Å². The van der Waals surface area contributed by atoms with Gasteiger partial charge in [-0.1, -0.05) is 25.4 Å². The van der Waals surface area contributed by atoms with E-state index in [1.165, 1.54) is 18.6 Å². The second-order valence-electron chi connectivity index (χ2n) is 4.97. The van der Waals surface area contributed by atoms with Crippen LogP contribution in [0, 0.1) is 5.41 Å². The first-order chi connectivity index (χ1) is 9.10. The second-order valence-corrected chi connectivity index (χ2v) is 6.38. The Morgan fingerprint density at radius 2 is 2.16 bits per heavy atom. The maximum Gasteiger partial charge on any atom is 0.233 e. The maximum absolute atomic E-state index is 12.4. The van der Waals surface area contributed by atoms with Crippen LogP contribution < -0.4 is 11.1 Å². The lowest BCUT2D eigenvalue weighted by Gasteiger charge is -2.30. The van der Waals surface area contributed by atoms with Crippen molar-refractivity contribution in [2.45, 2.75) is 51.2 Å². The SMILES string of the molecule is CCC(CC)(C(=O)NCC1CCCCS1)C(N)=NO. The number of rotatable bonds is 6. The van der Waals surface area contributed by atoms with Crippen molar-refractivity contribution in [2.24, 2.45) is 16.3 Å². The van der Waals surface area contributed by atoms with Gasteiger partial charge in [0.25, 0.3) is 0 Å². The molecule has 0 aromatic heterocycles. The van der Waals surface area contributed by atoms with Gasteiger partial charge in [-0.3, -0.25) is 4.79 Å². The minimum atomic E-state index is -0.881. The number of carbonyl (C=O) groups is 1. The fourth-order valence-corrected chi connectivity index (χ4v) is 3.73. The van der Waals surface area contributed by atoms with Crippen molar-refractivity contribution < 1.29 is 10.0 Å². The number of carbonyl (C=O) groups excluding carboxylic acids is 1. The van der Waals surface area contributed by atoms with Gasteiger partial charge >= 0.3 is 0 Å². The van der Waals surface area contributed by atoms with E-state index in [2.05, 4.69) is 10.5 Å². The summed E-state index contributed by atoms with van der Waals surface area (Å²) >= 11 is 1.92. The van der Waals surface area contributed by atoms with Crippen LogP contribution >= 0.6 is 11.8 Å². The third kappa shape index (κ3) is 3.78. The van der Waals surface area contributed by atoms with Crippen molar-refractivity contribution in [3.05, 3.63) is 0 Å². The summed E-state index contributed by atoms with van der Waals surface area (Å²) in [5.74, 6) is 1.05. The molecule has 1 fully saturated rings. The van der Waals surface area contributed by atoms with E-state index in [9.17, 15) is 4.79 Å². The molecule has 4 N–H and O–H groups in total. The van der Waals surface area contributed by atoms with Crippen LogP contribution in [0.2, 0.25) is 0 Å². The highest BCUT2D eigenvalue weighted by Crippen LogP contribution is 2.28. The van der Waals surface area contributed by atoms with Crippen LogP contribution in [-0.2, 0) is 4.79 Å². The van der Waals surface area contributed by atoms with Gasteiger partial charge in [0.2, 0.25) is 5.91 Å². The summed E-state index contributed by atoms with van der Waals surface area (Å²) in [6.07, 6.45) is 4.72. The first-order valence-corrected chi connectivity index (χ1v) is 8.03. The molecule has 0 saturated carbocycles. The number of amidine groups is 1. The Kier molecular flexibility index (Phi) is 6.48. The molecular formula is C13H25N3O2S. The number of thioether (sulfide) groups is 1. The molecule has 1 atom stereocenters. The number of hydrogen-bond donors (Lipinski definition) is 3. The third-order valence-electron chi connectivity index (χ3n) is 4.00. The Balaban J connectivity index is 2.62. The van der Waals surface area contributed by atoms with E-state index in [-0.39, 0.29) is 11.7 Å². The number of nitrogens with one attached hydrogen (secondary N) is 1. The minimum absolute atomic E-state index is 0.00583. The van der Waals surface area contributed by atoms with Crippen molar-refractivity contribution in [3.63, 3.8) is 0 Å². The maximum atomic E-state index is 12.4. The summed E-state index contributed by atoms with van der Waals surface area (Å²) in [7, 11) is 0. The largest absolute Gasteiger partial charge is 0.409 e. The molecule has 0 bridgehead atoms. The molecule has 1 saturated heterocycles. The zero-order chi connectivity index (χ0) is 14.3. The molecule has 0 aromatic carbocycles. The molecular weight excluding hydrogens is 262 g/mol. The molecule has 1 heterocycles. The lowest BCUT2D eigenvalue weighted by atomic mass is 9.80. The molecule has 19 heavy (non-hydrogen) atoms.